The summed E-state index contributed by atoms with van der Waals surface area (Å²) >= 11 is 4.82. The fourth-order valence-corrected chi connectivity index (χ4v) is 0.492. The number of hydrogen-bond acceptors (Lipinski definition) is 4. The highest BCUT2D eigenvalue weighted by atomic mass is 35.5. The first kappa shape index (κ1) is 9.97. The number of hydrogen-bond donors (Lipinski definition) is 0. The summed E-state index contributed by atoms with van der Waals surface area (Å²) in [6.45, 7) is 4.51. The maximum Gasteiger partial charge on any atom is 0.406 e. The van der Waals surface area contributed by atoms with Crippen LogP contribution >= 0.6 is 11.6 Å². The van der Waals surface area contributed by atoms with Crippen LogP contribution in [0.3, 0.4) is 0 Å². The Morgan fingerprint density at radius 3 is 2.45 bits per heavy atom. The zero-order valence-electron chi connectivity index (χ0n) is 5.87. The summed E-state index contributed by atoms with van der Waals surface area (Å²) in [6.07, 6.45) is -0.0241. The van der Waals surface area contributed by atoms with Gasteiger partial charge in [0.25, 0.3) is 0 Å². The van der Waals surface area contributed by atoms with E-state index in [2.05, 4.69) is 16.1 Å². The Hall–Kier alpha value is -1.03. The standard InChI is InChI=1S/C6H7ClO4/c1-3-5(8)10-4(2)11-6(7)9/h3-4H,1H2,2H3. The number of ether oxygens (including phenoxy) is 2. The van der Waals surface area contributed by atoms with Crippen molar-refractivity contribution in [3.8, 4) is 0 Å². The topological polar surface area (TPSA) is 52.6 Å². The Morgan fingerprint density at radius 2 is 2.09 bits per heavy atom. The fraction of sp³-hybridized carbons (Fsp3) is 0.333. The largest absolute Gasteiger partial charge is 0.422 e. The van der Waals surface area contributed by atoms with Crippen LogP contribution in [0.5, 0.6) is 0 Å². The summed E-state index contributed by atoms with van der Waals surface area (Å²) in [5.74, 6) is -0.671. The van der Waals surface area contributed by atoms with E-state index >= 15 is 0 Å². The molecule has 0 saturated carbocycles. The van der Waals surface area contributed by atoms with Gasteiger partial charge < -0.3 is 9.47 Å². The third kappa shape index (κ3) is 5.42. The van der Waals surface area contributed by atoms with Crippen LogP contribution in [0.25, 0.3) is 0 Å². The molecule has 0 spiro atoms. The Morgan fingerprint density at radius 1 is 1.55 bits per heavy atom. The average molecular weight is 179 g/mol. The molecule has 0 bridgehead atoms. The van der Waals surface area contributed by atoms with Crippen molar-refractivity contribution >= 4 is 23.0 Å². The van der Waals surface area contributed by atoms with Gasteiger partial charge in [-0.25, -0.2) is 9.59 Å². The van der Waals surface area contributed by atoms with Gasteiger partial charge in [-0.2, -0.15) is 0 Å². The molecule has 0 aliphatic carbocycles. The van der Waals surface area contributed by atoms with Gasteiger partial charge >= 0.3 is 11.4 Å². The first-order valence-corrected chi connectivity index (χ1v) is 3.13. The predicted octanol–water partition coefficient (Wildman–Crippen LogP) is 1.44. The second-order valence-corrected chi connectivity index (χ2v) is 1.87. The summed E-state index contributed by atoms with van der Waals surface area (Å²) in [4.78, 5) is 20.5. The van der Waals surface area contributed by atoms with E-state index in [1.165, 1.54) is 6.92 Å². The van der Waals surface area contributed by atoms with Crippen LogP contribution in [0.2, 0.25) is 0 Å². The highest BCUT2D eigenvalue weighted by Crippen LogP contribution is 1.98. The molecule has 11 heavy (non-hydrogen) atoms. The second-order valence-electron chi connectivity index (χ2n) is 1.56. The highest BCUT2D eigenvalue weighted by Gasteiger charge is 2.09. The monoisotopic (exact) mass is 178 g/mol. The van der Waals surface area contributed by atoms with Crippen molar-refractivity contribution in [3.05, 3.63) is 12.7 Å². The van der Waals surface area contributed by atoms with Crippen LogP contribution in [-0.2, 0) is 14.3 Å². The number of esters is 1. The number of carbonyl (C=O) groups is 2. The lowest BCUT2D eigenvalue weighted by molar-refractivity contribution is -0.157. The molecule has 1 atom stereocenters. The molecule has 5 heteroatoms. The molecule has 0 radical (unpaired) electrons. The van der Waals surface area contributed by atoms with E-state index in [1.54, 1.807) is 0 Å². The average Bonchev–Trinajstić information content (AvgIpc) is 1.85. The van der Waals surface area contributed by atoms with Gasteiger partial charge in [-0.05, 0) is 0 Å². The van der Waals surface area contributed by atoms with Crippen LogP contribution < -0.4 is 0 Å². The van der Waals surface area contributed by atoms with Crippen molar-refractivity contribution in [1.82, 2.24) is 0 Å². The third-order valence-electron chi connectivity index (χ3n) is 0.707. The molecule has 0 rings (SSSR count). The maximum atomic E-state index is 10.4. The summed E-state index contributed by atoms with van der Waals surface area (Å²) in [5, 5.41) is 0. The molecule has 0 heterocycles. The van der Waals surface area contributed by atoms with Crippen LogP contribution in [-0.4, -0.2) is 17.7 Å². The second kappa shape index (κ2) is 4.73. The van der Waals surface area contributed by atoms with Crippen LogP contribution in [0.15, 0.2) is 12.7 Å². The molecule has 0 aromatic rings. The molecule has 1 unspecified atom stereocenters. The minimum Gasteiger partial charge on any atom is -0.422 e. The molecule has 0 aromatic heterocycles. The molecule has 0 saturated heterocycles. The minimum absolute atomic E-state index is 0.671. The Labute approximate surface area is 68.7 Å². The van der Waals surface area contributed by atoms with Crippen molar-refractivity contribution in [1.29, 1.82) is 0 Å². The number of carbonyl (C=O) groups excluding carboxylic acids is 2. The normalized spacial score (nSPS) is 11.5. The van der Waals surface area contributed by atoms with E-state index in [4.69, 9.17) is 11.6 Å². The summed E-state index contributed by atoms with van der Waals surface area (Å²) < 4.78 is 8.68. The molecular weight excluding hydrogens is 172 g/mol. The van der Waals surface area contributed by atoms with Gasteiger partial charge in [0, 0.05) is 24.6 Å². The minimum atomic E-state index is -1.02. The van der Waals surface area contributed by atoms with Crippen molar-refractivity contribution in [2.24, 2.45) is 0 Å². The van der Waals surface area contributed by atoms with E-state index < -0.39 is 17.7 Å². The zero-order valence-corrected chi connectivity index (χ0v) is 6.63. The van der Waals surface area contributed by atoms with Crippen LogP contribution in [0, 0.1) is 0 Å². The van der Waals surface area contributed by atoms with Gasteiger partial charge in [-0.3, -0.25) is 0 Å². The van der Waals surface area contributed by atoms with Crippen molar-refractivity contribution in [2.45, 2.75) is 13.2 Å². The smallest absolute Gasteiger partial charge is 0.406 e. The quantitative estimate of drug-likeness (QED) is 0.284. The lowest BCUT2D eigenvalue weighted by atomic mass is 10.6. The van der Waals surface area contributed by atoms with Crippen molar-refractivity contribution in [2.75, 3.05) is 0 Å². The first-order chi connectivity index (χ1) is 5.06. The highest BCUT2D eigenvalue weighted by molar-refractivity contribution is 6.61. The van der Waals surface area contributed by atoms with Crippen molar-refractivity contribution < 1.29 is 19.1 Å². The van der Waals surface area contributed by atoms with Gasteiger partial charge in [-0.1, -0.05) is 6.58 Å². The SMILES string of the molecule is C=CC(=O)OC(C)OC(=O)Cl. The molecule has 0 aliphatic rings. The van der Waals surface area contributed by atoms with E-state index in [9.17, 15) is 9.59 Å². The van der Waals surface area contributed by atoms with Crippen molar-refractivity contribution in [3.63, 3.8) is 0 Å². The lowest BCUT2D eigenvalue weighted by Gasteiger charge is -2.09. The zero-order chi connectivity index (χ0) is 8.85. The maximum absolute atomic E-state index is 10.4. The summed E-state index contributed by atoms with van der Waals surface area (Å²) in [7, 11) is 0. The molecular formula is C6H7ClO4. The number of rotatable bonds is 3. The summed E-state index contributed by atoms with van der Waals surface area (Å²) in [6, 6.07) is 0. The van der Waals surface area contributed by atoms with E-state index in [0.717, 1.165) is 6.08 Å². The van der Waals surface area contributed by atoms with Gasteiger partial charge in [0.1, 0.15) is 0 Å². The number of halogens is 1. The van der Waals surface area contributed by atoms with Gasteiger partial charge in [0.15, 0.2) is 0 Å². The Balaban J connectivity index is 3.68. The van der Waals surface area contributed by atoms with Gasteiger partial charge in [0.05, 0.1) is 0 Å². The molecule has 0 N–H and O–H groups in total. The molecule has 62 valence electrons. The Kier molecular flexibility index (Phi) is 4.29. The van der Waals surface area contributed by atoms with E-state index in [0.29, 0.717) is 0 Å². The predicted molar refractivity (Wildman–Crippen MR) is 38.1 cm³/mol. The van der Waals surface area contributed by atoms with Crippen LogP contribution in [0.1, 0.15) is 6.92 Å². The Bertz CT molecular complexity index is 177. The lowest BCUT2D eigenvalue weighted by Crippen LogP contribution is -2.17. The molecule has 0 aliphatic heterocycles. The molecule has 0 fully saturated rings. The molecule has 4 nitrogen and oxygen atoms in total. The van der Waals surface area contributed by atoms with E-state index in [-0.39, 0.29) is 0 Å². The first-order valence-electron chi connectivity index (χ1n) is 2.75. The van der Waals surface area contributed by atoms with Crippen LogP contribution in [0.4, 0.5) is 4.79 Å². The fourth-order valence-electron chi connectivity index (χ4n) is 0.366. The molecule has 0 aromatic carbocycles. The summed E-state index contributed by atoms with van der Waals surface area (Å²) in [5.41, 5.74) is -1.02. The van der Waals surface area contributed by atoms with Gasteiger partial charge in [-0.15, -0.1) is 0 Å². The third-order valence-corrected chi connectivity index (χ3v) is 0.796. The van der Waals surface area contributed by atoms with E-state index in [1.807, 2.05) is 0 Å². The molecule has 0 amide bonds. The van der Waals surface area contributed by atoms with Gasteiger partial charge in [0.2, 0.25) is 6.29 Å².